The van der Waals surface area contributed by atoms with Crippen LogP contribution >= 0.6 is 0 Å². The van der Waals surface area contributed by atoms with Gasteiger partial charge in [0.1, 0.15) is 0 Å². The fourth-order valence-corrected chi connectivity index (χ4v) is 2.14. The molecule has 1 unspecified atom stereocenters. The first kappa shape index (κ1) is 17.7. The number of unbranched alkanes of at least 4 members (excludes halogenated alkanes) is 4. The first-order valence-corrected chi connectivity index (χ1v) is 7.62. The average Bonchev–Trinajstić information content (AvgIpc) is 2.29. The van der Waals surface area contributed by atoms with Gasteiger partial charge in [0, 0.05) is 0 Å². The lowest BCUT2D eigenvalue weighted by Crippen LogP contribution is -2.25. The van der Waals surface area contributed by atoms with Crippen LogP contribution in [0.25, 0.3) is 0 Å². The topological polar surface area (TPSA) is 40.5 Å². The van der Waals surface area contributed by atoms with Crippen molar-refractivity contribution >= 4 is 0 Å². The minimum absolute atomic E-state index is 0.322. The summed E-state index contributed by atoms with van der Waals surface area (Å²) >= 11 is 0. The van der Waals surface area contributed by atoms with E-state index in [-0.39, 0.29) is 6.10 Å². The summed E-state index contributed by atoms with van der Waals surface area (Å²) in [5.41, 5.74) is -0.654. The summed E-state index contributed by atoms with van der Waals surface area (Å²) in [6.45, 7) is 6.14. The van der Waals surface area contributed by atoms with Crippen LogP contribution in [0.15, 0.2) is 12.2 Å². The van der Waals surface area contributed by atoms with Crippen LogP contribution in [0.1, 0.15) is 78.6 Å². The Morgan fingerprint density at radius 3 is 1.89 bits per heavy atom. The Hall–Kier alpha value is -0.340. The summed E-state index contributed by atoms with van der Waals surface area (Å²) in [5, 5.41) is 19.9. The third-order valence-corrected chi connectivity index (χ3v) is 3.33. The third-order valence-electron chi connectivity index (χ3n) is 3.33. The van der Waals surface area contributed by atoms with E-state index < -0.39 is 5.60 Å². The zero-order valence-electron chi connectivity index (χ0n) is 12.5. The molecule has 0 spiro atoms. The summed E-state index contributed by atoms with van der Waals surface area (Å²) < 4.78 is 0. The zero-order valence-corrected chi connectivity index (χ0v) is 12.5. The molecule has 1 atom stereocenters. The maximum absolute atomic E-state index is 10.6. The van der Waals surface area contributed by atoms with E-state index in [1.807, 2.05) is 12.2 Å². The standard InChI is InChI=1S/C16H32O2/c1-4-6-8-12-16(18,13-9-7-5-2)14-10-11-15(3)17/h10,14-15,17-18H,4-9,11-13H2,1-3H3/b14-10-. The summed E-state index contributed by atoms with van der Waals surface area (Å²) in [6.07, 6.45) is 12.7. The van der Waals surface area contributed by atoms with Crippen LogP contribution in [0.2, 0.25) is 0 Å². The highest BCUT2D eigenvalue weighted by Gasteiger charge is 2.21. The molecule has 0 aromatic rings. The SMILES string of the molecule is CCCCCC(O)(/C=C\CC(C)O)CCCCC. The number of aliphatic hydroxyl groups excluding tert-OH is 1. The van der Waals surface area contributed by atoms with Crippen molar-refractivity contribution in [2.75, 3.05) is 0 Å². The van der Waals surface area contributed by atoms with Crippen molar-refractivity contribution in [2.24, 2.45) is 0 Å². The van der Waals surface area contributed by atoms with Crippen molar-refractivity contribution in [3.8, 4) is 0 Å². The van der Waals surface area contributed by atoms with Gasteiger partial charge in [-0.2, -0.15) is 0 Å². The second-order valence-corrected chi connectivity index (χ2v) is 5.50. The van der Waals surface area contributed by atoms with Crippen molar-refractivity contribution in [1.82, 2.24) is 0 Å². The van der Waals surface area contributed by atoms with Crippen molar-refractivity contribution in [1.29, 1.82) is 0 Å². The van der Waals surface area contributed by atoms with E-state index >= 15 is 0 Å². The van der Waals surface area contributed by atoms with E-state index in [0.717, 1.165) is 25.7 Å². The fraction of sp³-hybridized carbons (Fsp3) is 0.875. The van der Waals surface area contributed by atoms with Gasteiger partial charge in [-0.1, -0.05) is 64.5 Å². The molecule has 0 radical (unpaired) electrons. The molecular weight excluding hydrogens is 224 g/mol. The molecule has 0 amide bonds. The predicted octanol–water partition coefficient (Wildman–Crippen LogP) is 4.21. The van der Waals surface area contributed by atoms with Crippen LogP contribution in [0.3, 0.4) is 0 Å². The summed E-state index contributed by atoms with van der Waals surface area (Å²) in [7, 11) is 0. The van der Waals surface area contributed by atoms with Crippen LogP contribution in [-0.2, 0) is 0 Å². The van der Waals surface area contributed by atoms with Gasteiger partial charge in [0.05, 0.1) is 11.7 Å². The van der Waals surface area contributed by atoms with Gasteiger partial charge < -0.3 is 10.2 Å². The molecule has 0 rings (SSSR count). The Labute approximate surface area is 113 Å². The van der Waals surface area contributed by atoms with E-state index in [1.54, 1.807) is 6.92 Å². The molecule has 0 aromatic carbocycles. The summed E-state index contributed by atoms with van der Waals surface area (Å²) in [4.78, 5) is 0. The van der Waals surface area contributed by atoms with E-state index in [0.29, 0.717) is 6.42 Å². The second kappa shape index (κ2) is 10.6. The average molecular weight is 256 g/mol. The Kier molecular flexibility index (Phi) is 10.4. The van der Waals surface area contributed by atoms with Gasteiger partial charge in [-0.15, -0.1) is 0 Å². The normalized spacial score (nSPS) is 14.3. The van der Waals surface area contributed by atoms with Crippen LogP contribution in [-0.4, -0.2) is 21.9 Å². The number of hydrogen-bond acceptors (Lipinski definition) is 2. The Bertz CT molecular complexity index is 199. The quantitative estimate of drug-likeness (QED) is 0.429. The van der Waals surface area contributed by atoms with Gasteiger partial charge in [0.15, 0.2) is 0 Å². The number of aliphatic hydroxyl groups is 2. The largest absolute Gasteiger partial charge is 0.393 e. The molecular formula is C16H32O2. The third kappa shape index (κ3) is 9.67. The lowest BCUT2D eigenvalue weighted by atomic mass is 9.89. The predicted molar refractivity (Wildman–Crippen MR) is 78.7 cm³/mol. The van der Waals surface area contributed by atoms with Crippen LogP contribution in [0, 0.1) is 0 Å². The highest BCUT2D eigenvalue weighted by atomic mass is 16.3. The summed E-state index contributed by atoms with van der Waals surface area (Å²) in [5.74, 6) is 0. The van der Waals surface area contributed by atoms with Gasteiger partial charge in [-0.3, -0.25) is 0 Å². The molecule has 0 aromatic heterocycles. The highest BCUT2D eigenvalue weighted by Crippen LogP contribution is 2.24. The summed E-state index contributed by atoms with van der Waals surface area (Å²) in [6, 6.07) is 0. The van der Waals surface area contributed by atoms with Crippen molar-refractivity contribution in [3.05, 3.63) is 12.2 Å². The highest BCUT2D eigenvalue weighted by molar-refractivity contribution is 5.01. The Morgan fingerprint density at radius 1 is 1.00 bits per heavy atom. The maximum Gasteiger partial charge on any atom is 0.0827 e. The van der Waals surface area contributed by atoms with Crippen LogP contribution in [0.4, 0.5) is 0 Å². The minimum Gasteiger partial charge on any atom is -0.393 e. The lowest BCUT2D eigenvalue weighted by Gasteiger charge is -2.25. The first-order valence-electron chi connectivity index (χ1n) is 7.62. The molecule has 0 saturated heterocycles. The van der Waals surface area contributed by atoms with Gasteiger partial charge in [0.2, 0.25) is 0 Å². The Balaban J connectivity index is 4.23. The van der Waals surface area contributed by atoms with Gasteiger partial charge in [-0.05, 0) is 26.2 Å². The monoisotopic (exact) mass is 256 g/mol. The van der Waals surface area contributed by atoms with Crippen LogP contribution < -0.4 is 0 Å². The molecule has 2 N–H and O–H groups in total. The molecule has 2 heteroatoms. The molecule has 0 bridgehead atoms. The fourth-order valence-electron chi connectivity index (χ4n) is 2.14. The molecule has 0 aliphatic heterocycles. The second-order valence-electron chi connectivity index (χ2n) is 5.50. The minimum atomic E-state index is -0.654. The number of hydrogen-bond donors (Lipinski definition) is 2. The molecule has 2 nitrogen and oxygen atoms in total. The lowest BCUT2D eigenvalue weighted by molar-refractivity contribution is 0.0660. The van der Waals surface area contributed by atoms with Crippen molar-refractivity contribution in [2.45, 2.75) is 90.3 Å². The first-order chi connectivity index (χ1) is 8.54. The van der Waals surface area contributed by atoms with E-state index in [1.165, 1.54) is 25.7 Å². The molecule has 0 heterocycles. The maximum atomic E-state index is 10.6. The van der Waals surface area contributed by atoms with Crippen LogP contribution in [0.5, 0.6) is 0 Å². The molecule has 0 fully saturated rings. The van der Waals surface area contributed by atoms with Gasteiger partial charge in [0.25, 0.3) is 0 Å². The number of rotatable bonds is 11. The smallest absolute Gasteiger partial charge is 0.0827 e. The van der Waals surface area contributed by atoms with E-state index in [2.05, 4.69) is 13.8 Å². The molecule has 0 aliphatic rings. The molecule has 0 aliphatic carbocycles. The van der Waals surface area contributed by atoms with Gasteiger partial charge >= 0.3 is 0 Å². The Morgan fingerprint density at radius 2 is 1.50 bits per heavy atom. The molecule has 108 valence electrons. The van der Waals surface area contributed by atoms with E-state index in [9.17, 15) is 10.2 Å². The molecule has 18 heavy (non-hydrogen) atoms. The van der Waals surface area contributed by atoms with E-state index in [4.69, 9.17) is 0 Å². The van der Waals surface area contributed by atoms with Gasteiger partial charge in [-0.25, -0.2) is 0 Å². The van der Waals surface area contributed by atoms with Crippen molar-refractivity contribution in [3.63, 3.8) is 0 Å². The zero-order chi connectivity index (χ0) is 13.9. The molecule has 0 saturated carbocycles. The van der Waals surface area contributed by atoms with Crippen molar-refractivity contribution < 1.29 is 10.2 Å².